The lowest BCUT2D eigenvalue weighted by atomic mass is 10.1. The van der Waals surface area contributed by atoms with Crippen LogP contribution in [0, 0.1) is 12.8 Å². The minimum absolute atomic E-state index is 0.107. The number of aryl methyl sites for hydroxylation is 1. The summed E-state index contributed by atoms with van der Waals surface area (Å²) in [4.78, 5) is 22.2. The van der Waals surface area contributed by atoms with E-state index in [1.807, 2.05) is 6.92 Å². The fourth-order valence-corrected chi connectivity index (χ4v) is 4.15. The summed E-state index contributed by atoms with van der Waals surface area (Å²) in [6.07, 6.45) is 7.63. The SMILES string of the molecule is Cc1ncc(Cl)c2c1CC(CNCCC1CN(C3=CNCC=N3)C(=O)O1)C2. The number of hydrogen-bond donors (Lipinski definition) is 2. The highest BCUT2D eigenvalue weighted by Gasteiger charge is 2.33. The molecule has 1 saturated heterocycles. The molecule has 0 radical (unpaired) electrons. The maximum atomic E-state index is 12.0. The number of rotatable bonds is 6. The van der Waals surface area contributed by atoms with Crippen molar-refractivity contribution >= 4 is 23.9 Å². The Hall–Kier alpha value is -2.12. The minimum Gasteiger partial charge on any atom is -0.444 e. The van der Waals surface area contributed by atoms with Crippen LogP contribution in [-0.2, 0) is 17.6 Å². The van der Waals surface area contributed by atoms with Gasteiger partial charge in [0.1, 0.15) is 6.10 Å². The van der Waals surface area contributed by atoms with Gasteiger partial charge in [0.15, 0.2) is 5.82 Å². The van der Waals surface area contributed by atoms with Gasteiger partial charge in [-0.3, -0.25) is 9.88 Å². The van der Waals surface area contributed by atoms with Gasteiger partial charge in [0.2, 0.25) is 0 Å². The number of amides is 1. The maximum Gasteiger partial charge on any atom is 0.415 e. The van der Waals surface area contributed by atoms with Gasteiger partial charge in [-0.25, -0.2) is 9.79 Å². The summed E-state index contributed by atoms with van der Waals surface area (Å²) in [5.41, 5.74) is 3.65. The molecule has 1 fully saturated rings. The quantitative estimate of drug-likeness (QED) is 0.728. The van der Waals surface area contributed by atoms with E-state index in [1.54, 1.807) is 23.5 Å². The van der Waals surface area contributed by atoms with Gasteiger partial charge in [-0.05, 0) is 56.3 Å². The number of aliphatic imine (C=N–C) groups is 1. The molecule has 1 aromatic heterocycles. The van der Waals surface area contributed by atoms with Crippen LogP contribution in [0.5, 0.6) is 0 Å². The van der Waals surface area contributed by atoms with Crippen molar-refractivity contribution in [2.45, 2.75) is 32.3 Å². The van der Waals surface area contributed by atoms with E-state index >= 15 is 0 Å². The molecule has 0 spiro atoms. The number of ether oxygens (including phenoxy) is 1. The van der Waals surface area contributed by atoms with Crippen LogP contribution in [0.1, 0.15) is 23.2 Å². The van der Waals surface area contributed by atoms with Crippen molar-refractivity contribution in [1.29, 1.82) is 0 Å². The maximum absolute atomic E-state index is 12.0. The molecule has 2 N–H and O–H groups in total. The van der Waals surface area contributed by atoms with E-state index in [0.29, 0.717) is 24.8 Å². The van der Waals surface area contributed by atoms with Crippen molar-refractivity contribution in [2.75, 3.05) is 26.2 Å². The number of hydrogen-bond acceptors (Lipinski definition) is 6. The zero-order valence-corrected chi connectivity index (χ0v) is 16.1. The van der Waals surface area contributed by atoms with Gasteiger partial charge in [-0.15, -0.1) is 0 Å². The number of fused-ring (bicyclic) bond motifs is 1. The third kappa shape index (κ3) is 3.94. The van der Waals surface area contributed by atoms with Crippen molar-refractivity contribution in [2.24, 2.45) is 10.9 Å². The predicted molar refractivity (Wildman–Crippen MR) is 104 cm³/mol. The average Bonchev–Trinajstić information content (AvgIpc) is 3.27. The number of nitrogens with zero attached hydrogens (tertiary/aromatic N) is 3. The Morgan fingerprint density at radius 2 is 2.26 bits per heavy atom. The minimum atomic E-state index is -0.323. The average molecular weight is 390 g/mol. The summed E-state index contributed by atoms with van der Waals surface area (Å²) >= 11 is 6.29. The zero-order chi connectivity index (χ0) is 18.8. The van der Waals surface area contributed by atoms with Crippen LogP contribution in [-0.4, -0.2) is 54.5 Å². The molecule has 2 unspecified atom stereocenters. The normalized spacial score (nSPS) is 23.9. The van der Waals surface area contributed by atoms with E-state index in [2.05, 4.69) is 20.6 Å². The number of nitrogens with one attached hydrogen (secondary N) is 2. The molecule has 144 valence electrons. The highest BCUT2D eigenvalue weighted by Crippen LogP contribution is 2.33. The molecule has 2 atom stereocenters. The molecule has 2 aliphatic heterocycles. The van der Waals surface area contributed by atoms with Gasteiger partial charge in [0.05, 0.1) is 11.6 Å². The largest absolute Gasteiger partial charge is 0.444 e. The molecule has 1 amide bonds. The monoisotopic (exact) mass is 389 g/mol. The van der Waals surface area contributed by atoms with Gasteiger partial charge in [-0.1, -0.05) is 11.6 Å². The molecular formula is C19H24ClN5O2. The third-order valence-corrected chi connectivity index (χ3v) is 5.66. The van der Waals surface area contributed by atoms with Crippen LogP contribution in [0.4, 0.5) is 4.79 Å². The summed E-state index contributed by atoms with van der Waals surface area (Å²) in [6, 6.07) is 0. The molecule has 3 aliphatic rings. The summed E-state index contributed by atoms with van der Waals surface area (Å²) in [5, 5.41) is 7.35. The van der Waals surface area contributed by atoms with Crippen molar-refractivity contribution in [3.8, 4) is 0 Å². The molecule has 0 bridgehead atoms. The molecule has 4 rings (SSSR count). The zero-order valence-electron chi connectivity index (χ0n) is 15.4. The van der Waals surface area contributed by atoms with Crippen molar-refractivity contribution in [3.63, 3.8) is 0 Å². The molecular weight excluding hydrogens is 366 g/mol. The fraction of sp³-hybridized carbons (Fsp3) is 0.526. The van der Waals surface area contributed by atoms with Crippen molar-refractivity contribution in [1.82, 2.24) is 20.5 Å². The van der Waals surface area contributed by atoms with Crippen LogP contribution < -0.4 is 10.6 Å². The highest BCUT2D eigenvalue weighted by molar-refractivity contribution is 6.31. The number of carbonyl (C=O) groups is 1. The Kier molecular flexibility index (Phi) is 5.31. The first kappa shape index (κ1) is 18.3. The summed E-state index contributed by atoms with van der Waals surface area (Å²) < 4.78 is 5.46. The Balaban J connectivity index is 1.21. The molecule has 1 aliphatic carbocycles. The van der Waals surface area contributed by atoms with E-state index in [9.17, 15) is 4.79 Å². The summed E-state index contributed by atoms with van der Waals surface area (Å²) in [6.45, 7) is 5.01. The molecule has 8 heteroatoms. The van der Waals surface area contributed by atoms with E-state index in [1.165, 1.54) is 11.1 Å². The third-order valence-electron chi connectivity index (χ3n) is 5.34. The first-order chi connectivity index (χ1) is 13.1. The second kappa shape index (κ2) is 7.86. The van der Waals surface area contributed by atoms with E-state index in [4.69, 9.17) is 16.3 Å². The van der Waals surface area contributed by atoms with Crippen molar-refractivity contribution in [3.05, 3.63) is 40.1 Å². The first-order valence-electron chi connectivity index (χ1n) is 9.39. The molecule has 3 heterocycles. The van der Waals surface area contributed by atoms with E-state index in [0.717, 1.165) is 43.1 Å². The van der Waals surface area contributed by atoms with Gasteiger partial charge in [-0.2, -0.15) is 0 Å². The molecule has 7 nitrogen and oxygen atoms in total. The van der Waals surface area contributed by atoms with Gasteiger partial charge in [0, 0.05) is 30.9 Å². The van der Waals surface area contributed by atoms with Gasteiger partial charge < -0.3 is 15.4 Å². The Morgan fingerprint density at radius 1 is 1.41 bits per heavy atom. The lowest BCUT2D eigenvalue weighted by Crippen LogP contribution is -2.29. The Bertz CT molecular complexity index is 764. The second-order valence-corrected chi connectivity index (χ2v) is 7.66. The van der Waals surface area contributed by atoms with Crippen LogP contribution in [0.3, 0.4) is 0 Å². The van der Waals surface area contributed by atoms with Gasteiger partial charge in [0.25, 0.3) is 0 Å². The van der Waals surface area contributed by atoms with Crippen molar-refractivity contribution < 1.29 is 9.53 Å². The smallest absolute Gasteiger partial charge is 0.415 e. The Labute approximate surface area is 163 Å². The molecule has 0 saturated carbocycles. The Morgan fingerprint density at radius 3 is 3.04 bits per heavy atom. The van der Waals surface area contributed by atoms with Gasteiger partial charge >= 0.3 is 6.09 Å². The standard InChI is InChI=1S/C19H24ClN5O2/c1-12-15-6-13(7-16(15)17(20)9-24-12)8-21-3-2-14-11-25(19(26)27-14)18-10-22-4-5-23-18/h5,9-10,13-14,21-22H,2-4,6-8,11H2,1H3. The number of pyridine rings is 1. The van der Waals surface area contributed by atoms with Crippen LogP contribution >= 0.6 is 11.6 Å². The molecule has 27 heavy (non-hydrogen) atoms. The lowest BCUT2D eigenvalue weighted by Gasteiger charge is -2.16. The molecule has 1 aromatic rings. The number of aromatic nitrogens is 1. The summed E-state index contributed by atoms with van der Waals surface area (Å²) in [5.74, 6) is 1.15. The number of carbonyl (C=O) groups excluding carboxylic acids is 1. The van der Waals surface area contributed by atoms with Crippen LogP contribution in [0.25, 0.3) is 0 Å². The fourth-order valence-electron chi connectivity index (χ4n) is 3.91. The summed E-state index contributed by atoms with van der Waals surface area (Å²) in [7, 11) is 0. The predicted octanol–water partition coefficient (Wildman–Crippen LogP) is 2.03. The lowest BCUT2D eigenvalue weighted by molar-refractivity contribution is 0.130. The number of cyclic esters (lactones) is 1. The van der Waals surface area contributed by atoms with Crippen LogP contribution in [0.2, 0.25) is 5.02 Å². The number of halogens is 1. The molecule has 0 aromatic carbocycles. The van der Waals surface area contributed by atoms with E-state index in [-0.39, 0.29) is 12.2 Å². The van der Waals surface area contributed by atoms with E-state index < -0.39 is 0 Å². The second-order valence-electron chi connectivity index (χ2n) is 7.25. The van der Waals surface area contributed by atoms with Crippen LogP contribution in [0.15, 0.2) is 23.2 Å². The first-order valence-corrected chi connectivity index (χ1v) is 9.77. The topological polar surface area (TPSA) is 78.9 Å². The highest BCUT2D eigenvalue weighted by atomic mass is 35.5.